The quantitative estimate of drug-likeness (QED) is 0.461. The van der Waals surface area contributed by atoms with Crippen molar-refractivity contribution in [2.75, 3.05) is 5.75 Å². The first-order valence-corrected chi connectivity index (χ1v) is 9.31. The zero-order valence-electron chi connectivity index (χ0n) is 14.2. The lowest BCUT2D eigenvalue weighted by atomic mass is 9.81. The van der Waals surface area contributed by atoms with E-state index in [0.29, 0.717) is 5.56 Å². The fraction of sp³-hybridized carbons (Fsp3) is 0.250. The third-order valence-electron chi connectivity index (χ3n) is 4.99. The highest BCUT2D eigenvalue weighted by Crippen LogP contribution is 2.43. The zero-order valence-corrected chi connectivity index (χ0v) is 15.0. The number of thioether (sulfide) groups is 1. The van der Waals surface area contributed by atoms with Crippen LogP contribution in [0.4, 0.5) is 0 Å². The summed E-state index contributed by atoms with van der Waals surface area (Å²) in [5.41, 5.74) is 6.86. The van der Waals surface area contributed by atoms with Gasteiger partial charge in [-0.1, -0.05) is 19.9 Å². The van der Waals surface area contributed by atoms with Crippen molar-refractivity contribution in [1.82, 2.24) is 10.5 Å². The van der Waals surface area contributed by atoms with Gasteiger partial charge in [-0.3, -0.25) is 10.0 Å². The Labute approximate surface area is 150 Å². The summed E-state index contributed by atoms with van der Waals surface area (Å²) in [5, 5.41) is 9.74. The number of nitrogens with one attached hydrogen (secondary N) is 2. The van der Waals surface area contributed by atoms with Crippen LogP contribution >= 0.6 is 11.8 Å². The summed E-state index contributed by atoms with van der Waals surface area (Å²) in [7, 11) is 0. The van der Waals surface area contributed by atoms with Crippen molar-refractivity contribution in [3.63, 3.8) is 0 Å². The van der Waals surface area contributed by atoms with Crippen LogP contribution in [0.1, 0.15) is 36.2 Å². The molecule has 4 nitrogen and oxygen atoms in total. The molecule has 2 heterocycles. The molecule has 0 aliphatic carbocycles. The standard InChI is InChI=1S/C20H20N2O2S/c1-20(2)7-8-25-18-6-4-12(10-15(18)20)17-11-14-9-13(19(23)22-24)3-5-16(14)21-17/h3-6,9-11,21,24H,7-8H2,1-2H3,(H,22,23). The number of H-pyrrole nitrogens is 1. The Morgan fingerprint density at radius 3 is 2.84 bits per heavy atom. The van der Waals surface area contributed by atoms with Gasteiger partial charge in [-0.05, 0) is 65.1 Å². The van der Waals surface area contributed by atoms with Gasteiger partial charge in [-0.15, -0.1) is 11.8 Å². The Bertz CT molecular complexity index is 975. The van der Waals surface area contributed by atoms with Crippen molar-refractivity contribution in [2.45, 2.75) is 30.6 Å². The van der Waals surface area contributed by atoms with E-state index < -0.39 is 5.91 Å². The predicted octanol–water partition coefficient (Wildman–Crippen LogP) is 4.73. The third kappa shape index (κ3) is 2.83. The van der Waals surface area contributed by atoms with Gasteiger partial charge in [0.15, 0.2) is 0 Å². The number of hydroxylamine groups is 1. The highest BCUT2D eigenvalue weighted by Gasteiger charge is 2.28. The molecule has 0 saturated carbocycles. The van der Waals surface area contributed by atoms with Crippen LogP contribution in [0, 0.1) is 0 Å². The van der Waals surface area contributed by atoms with E-state index in [4.69, 9.17) is 5.21 Å². The van der Waals surface area contributed by atoms with Crippen LogP contribution in [0.5, 0.6) is 0 Å². The van der Waals surface area contributed by atoms with E-state index >= 15 is 0 Å². The summed E-state index contributed by atoms with van der Waals surface area (Å²) in [6.45, 7) is 4.61. The van der Waals surface area contributed by atoms with Crippen molar-refractivity contribution in [2.24, 2.45) is 0 Å². The number of benzene rings is 2. The fourth-order valence-electron chi connectivity index (χ4n) is 3.40. The normalized spacial score (nSPS) is 15.8. The maximum atomic E-state index is 11.6. The van der Waals surface area contributed by atoms with Gasteiger partial charge < -0.3 is 4.98 Å². The summed E-state index contributed by atoms with van der Waals surface area (Å²) in [5.74, 6) is 0.665. The summed E-state index contributed by atoms with van der Waals surface area (Å²) in [4.78, 5) is 16.4. The van der Waals surface area contributed by atoms with E-state index in [-0.39, 0.29) is 5.41 Å². The van der Waals surface area contributed by atoms with Gasteiger partial charge in [0.25, 0.3) is 5.91 Å². The monoisotopic (exact) mass is 352 g/mol. The Morgan fingerprint density at radius 1 is 1.20 bits per heavy atom. The second-order valence-corrected chi connectivity index (χ2v) is 8.26. The number of amides is 1. The molecule has 25 heavy (non-hydrogen) atoms. The molecule has 0 spiro atoms. The molecule has 1 amide bonds. The van der Waals surface area contributed by atoms with Crippen molar-refractivity contribution in [3.8, 4) is 11.3 Å². The molecular weight excluding hydrogens is 332 g/mol. The number of carbonyl (C=O) groups is 1. The molecule has 3 N–H and O–H groups in total. The summed E-state index contributed by atoms with van der Waals surface area (Å²) in [6, 6.07) is 14.0. The number of carbonyl (C=O) groups excluding carboxylic acids is 1. The first kappa shape index (κ1) is 16.2. The molecule has 0 atom stereocenters. The minimum absolute atomic E-state index is 0.189. The average molecular weight is 352 g/mol. The molecule has 128 valence electrons. The highest BCUT2D eigenvalue weighted by atomic mass is 32.2. The van der Waals surface area contributed by atoms with Gasteiger partial charge in [0.05, 0.1) is 0 Å². The molecule has 0 unspecified atom stereocenters. The molecule has 1 aliphatic rings. The van der Waals surface area contributed by atoms with E-state index in [1.807, 2.05) is 23.9 Å². The largest absolute Gasteiger partial charge is 0.355 e. The lowest BCUT2D eigenvalue weighted by molar-refractivity contribution is 0.0706. The lowest BCUT2D eigenvalue weighted by Crippen LogP contribution is -2.22. The minimum atomic E-state index is -0.503. The van der Waals surface area contributed by atoms with Crippen LogP contribution in [-0.2, 0) is 5.41 Å². The van der Waals surface area contributed by atoms with Gasteiger partial charge in [0.2, 0.25) is 0 Å². The summed E-state index contributed by atoms with van der Waals surface area (Å²) in [6.07, 6.45) is 1.18. The van der Waals surface area contributed by atoms with Crippen molar-refractivity contribution in [3.05, 3.63) is 53.6 Å². The fourth-order valence-corrected chi connectivity index (χ4v) is 4.88. The summed E-state index contributed by atoms with van der Waals surface area (Å²) >= 11 is 1.93. The molecule has 0 bridgehead atoms. The van der Waals surface area contributed by atoms with E-state index in [2.05, 4.69) is 37.0 Å². The molecule has 4 rings (SSSR count). The van der Waals surface area contributed by atoms with Crippen LogP contribution in [0.3, 0.4) is 0 Å². The van der Waals surface area contributed by atoms with Crippen molar-refractivity contribution in [1.29, 1.82) is 0 Å². The average Bonchev–Trinajstić information content (AvgIpc) is 3.04. The Balaban J connectivity index is 1.78. The van der Waals surface area contributed by atoms with E-state index in [9.17, 15) is 4.79 Å². The van der Waals surface area contributed by atoms with E-state index in [1.165, 1.54) is 22.6 Å². The molecule has 1 aromatic heterocycles. The molecular formula is C20H20N2O2S. The highest BCUT2D eigenvalue weighted by molar-refractivity contribution is 7.99. The van der Waals surface area contributed by atoms with Gasteiger partial charge >= 0.3 is 0 Å². The predicted molar refractivity (Wildman–Crippen MR) is 101 cm³/mol. The van der Waals surface area contributed by atoms with Gasteiger partial charge in [-0.25, -0.2) is 5.48 Å². The third-order valence-corrected chi connectivity index (χ3v) is 6.06. The van der Waals surface area contributed by atoms with E-state index in [0.717, 1.165) is 22.2 Å². The minimum Gasteiger partial charge on any atom is -0.355 e. The van der Waals surface area contributed by atoms with Gasteiger partial charge in [0, 0.05) is 27.1 Å². The summed E-state index contributed by atoms with van der Waals surface area (Å²) < 4.78 is 0. The zero-order chi connectivity index (χ0) is 17.6. The molecule has 0 saturated heterocycles. The van der Waals surface area contributed by atoms with Crippen LogP contribution in [0.25, 0.3) is 22.2 Å². The lowest BCUT2D eigenvalue weighted by Gasteiger charge is -2.32. The SMILES string of the molecule is CC1(C)CCSc2ccc(-c3cc4cc(C(=O)NO)ccc4[nH]3)cc21. The maximum Gasteiger partial charge on any atom is 0.274 e. The Hall–Kier alpha value is -2.24. The molecule has 5 heteroatoms. The molecule has 0 fully saturated rings. The second-order valence-electron chi connectivity index (χ2n) is 7.12. The number of rotatable bonds is 2. The van der Waals surface area contributed by atoms with Crippen LogP contribution < -0.4 is 5.48 Å². The Morgan fingerprint density at radius 2 is 2.04 bits per heavy atom. The van der Waals surface area contributed by atoms with Crippen LogP contribution in [-0.4, -0.2) is 21.9 Å². The van der Waals surface area contributed by atoms with Gasteiger partial charge in [-0.2, -0.15) is 0 Å². The number of fused-ring (bicyclic) bond motifs is 2. The van der Waals surface area contributed by atoms with Crippen LogP contribution in [0.2, 0.25) is 0 Å². The number of hydrogen-bond acceptors (Lipinski definition) is 3. The number of aromatic nitrogens is 1. The van der Waals surface area contributed by atoms with E-state index in [1.54, 1.807) is 17.6 Å². The smallest absolute Gasteiger partial charge is 0.274 e. The number of aromatic amines is 1. The molecule has 2 aromatic carbocycles. The Kier molecular flexibility index (Phi) is 3.85. The number of hydrogen-bond donors (Lipinski definition) is 3. The van der Waals surface area contributed by atoms with Crippen molar-refractivity contribution < 1.29 is 10.0 Å². The first-order chi connectivity index (χ1) is 12.0. The second kappa shape index (κ2) is 5.93. The molecule has 3 aromatic rings. The van der Waals surface area contributed by atoms with Crippen molar-refractivity contribution >= 4 is 28.6 Å². The first-order valence-electron chi connectivity index (χ1n) is 8.33. The maximum absolute atomic E-state index is 11.6. The molecule has 0 radical (unpaired) electrons. The van der Waals surface area contributed by atoms with Crippen LogP contribution in [0.15, 0.2) is 47.4 Å². The topological polar surface area (TPSA) is 65.1 Å². The van der Waals surface area contributed by atoms with Gasteiger partial charge in [0.1, 0.15) is 0 Å². The molecule has 1 aliphatic heterocycles.